The Morgan fingerprint density at radius 1 is 1.13 bits per heavy atom. The highest BCUT2D eigenvalue weighted by Gasteiger charge is 2.16. The molecule has 2 aromatic heterocycles. The number of para-hydroxylation sites is 1. The van der Waals surface area contributed by atoms with Gasteiger partial charge in [-0.05, 0) is 26.0 Å². The fourth-order valence-corrected chi connectivity index (χ4v) is 2.46. The quantitative estimate of drug-likeness (QED) is 0.724. The van der Waals surface area contributed by atoms with E-state index < -0.39 is 0 Å². The Morgan fingerprint density at radius 2 is 1.87 bits per heavy atom. The molecule has 0 unspecified atom stereocenters. The molecule has 3 rings (SSSR count). The van der Waals surface area contributed by atoms with E-state index in [1.807, 2.05) is 25.1 Å². The summed E-state index contributed by atoms with van der Waals surface area (Å²) < 4.78 is 7.40. The molecule has 23 heavy (non-hydrogen) atoms. The van der Waals surface area contributed by atoms with Crippen LogP contribution in [0.2, 0.25) is 10.2 Å². The fraction of sp³-hybridized carbons (Fsp3) is 0.133. The Kier molecular flexibility index (Phi) is 4.11. The van der Waals surface area contributed by atoms with Gasteiger partial charge in [0.1, 0.15) is 11.5 Å². The molecule has 0 saturated heterocycles. The molecule has 0 aliphatic heterocycles. The lowest BCUT2D eigenvalue weighted by Crippen LogP contribution is -2.04. The summed E-state index contributed by atoms with van der Waals surface area (Å²) in [5.41, 5.74) is 7.50. The monoisotopic (exact) mass is 349 g/mol. The van der Waals surface area contributed by atoms with E-state index in [4.69, 9.17) is 33.7 Å². The number of rotatable bonds is 3. The van der Waals surface area contributed by atoms with E-state index in [0.29, 0.717) is 22.4 Å². The number of nitrogens with zero attached hydrogens (tertiary/aromatic N) is 4. The van der Waals surface area contributed by atoms with Crippen molar-refractivity contribution in [3.8, 4) is 17.4 Å². The maximum atomic E-state index is 6.24. The van der Waals surface area contributed by atoms with E-state index in [-0.39, 0.29) is 16.7 Å². The summed E-state index contributed by atoms with van der Waals surface area (Å²) in [4.78, 5) is 8.16. The van der Waals surface area contributed by atoms with Gasteiger partial charge in [0.15, 0.2) is 5.15 Å². The van der Waals surface area contributed by atoms with Crippen LogP contribution in [0.3, 0.4) is 0 Å². The minimum Gasteiger partial charge on any atom is -0.418 e. The van der Waals surface area contributed by atoms with Crippen molar-refractivity contribution in [3.05, 3.63) is 52.0 Å². The molecule has 0 radical (unpaired) electrons. The van der Waals surface area contributed by atoms with Gasteiger partial charge in [0.25, 0.3) is 0 Å². The average Bonchev–Trinajstić information content (AvgIpc) is 2.85. The first-order valence-electron chi connectivity index (χ1n) is 6.74. The zero-order chi connectivity index (χ0) is 16.6. The topological polar surface area (TPSA) is 78.9 Å². The molecule has 0 aliphatic rings. The zero-order valence-corrected chi connectivity index (χ0v) is 13.9. The van der Waals surface area contributed by atoms with E-state index in [9.17, 15) is 0 Å². The molecule has 0 aliphatic carbocycles. The Labute approximate surface area is 142 Å². The Morgan fingerprint density at radius 3 is 2.61 bits per heavy atom. The number of anilines is 1. The second-order valence-corrected chi connectivity index (χ2v) is 5.63. The number of hydrogen-bond donors (Lipinski definition) is 1. The number of ether oxygens (including phenoxy) is 1. The second kappa shape index (κ2) is 6.06. The van der Waals surface area contributed by atoms with E-state index in [1.165, 1.54) is 0 Å². The van der Waals surface area contributed by atoms with Crippen molar-refractivity contribution in [3.63, 3.8) is 0 Å². The summed E-state index contributed by atoms with van der Waals surface area (Å²) in [6.45, 7) is 3.55. The van der Waals surface area contributed by atoms with Gasteiger partial charge in [-0.2, -0.15) is 14.8 Å². The summed E-state index contributed by atoms with van der Waals surface area (Å²) in [6, 6.07) is 9.07. The minimum atomic E-state index is 0.146. The Balaban J connectivity index is 2.08. The van der Waals surface area contributed by atoms with Gasteiger partial charge in [-0.25, -0.2) is 4.98 Å². The molecule has 3 aromatic rings. The third-order valence-corrected chi connectivity index (χ3v) is 3.66. The molecule has 0 spiro atoms. The van der Waals surface area contributed by atoms with Gasteiger partial charge in [-0.1, -0.05) is 35.3 Å². The molecule has 0 saturated carbocycles. The van der Waals surface area contributed by atoms with Crippen LogP contribution in [0.25, 0.3) is 5.69 Å². The van der Waals surface area contributed by atoms with Crippen LogP contribution in [0.4, 0.5) is 5.69 Å². The first-order valence-corrected chi connectivity index (χ1v) is 7.50. The highest BCUT2D eigenvalue weighted by atomic mass is 35.5. The summed E-state index contributed by atoms with van der Waals surface area (Å²) >= 11 is 12.2. The predicted octanol–water partition coefficient (Wildman–Crippen LogP) is 3.96. The largest absolute Gasteiger partial charge is 0.418 e. The van der Waals surface area contributed by atoms with Gasteiger partial charge >= 0.3 is 0 Å². The van der Waals surface area contributed by atoms with Gasteiger partial charge in [-0.3, -0.25) is 0 Å². The molecule has 1 aromatic carbocycles. The lowest BCUT2D eigenvalue weighted by Gasteiger charge is -2.11. The van der Waals surface area contributed by atoms with E-state index in [1.54, 1.807) is 23.7 Å². The van der Waals surface area contributed by atoms with Gasteiger partial charge < -0.3 is 10.5 Å². The molecule has 0 fully saturated rings. The van der Waals surface area contributed by atoms with Crippen molar-refractivity contribution in [1.82, 2.24) is 19.7 Å². The fourth-order valence-electron chi connectivity index (χ4n) is 2.04. The molecule has 0 amide bonds. The standard InChI is InChI=1S/C15H13Cl2N5O/c1-8-7-12(22(21-8)11-6-4-3-5-10(11)16)23-15-13(18)14(17)19-9(2)20-15/h3-7H,18H2,1-2H3. The van der Waals surface area contributed by atoms with E-state index in [0.717, 1.165) is 5.69 Å². The highest BCUT2D eigenvalue weighted by molar-refractivity contribution is 6.32. The summed E-state index contributed by atoms with van der Waals surface area (Å²) in [5, 5.41) is 5.10. The van der Waals surface area contributed by atoms with Crippen molar-refractivity contribution < 1.29 is 4.74 Å². The first-order chi connectivity index (χ1) is 11.0. The normalized spacial score (nSPS) is 10.8. The smallest absolute Gasteiger partial charge is 0.249 e. The van der Waals surface area contributed by atoms with Crippen molar-refractivity contribution in [2.24, 2.45) is 0 Å². The molecule has 0 bridgehead atoms. The van der Waals surface area contributed by atoms with Crippen LogP contribution in [0.1, 0.15) is 11.5 Å². The number of benzene rings is 1. The van der Waals surface area contributed by atoms with Crippen LogP contribution < -0.4 is 10.5 Å². The van der Waals surface area contributed by atoms with Gasteiger partial charge in [0, 0.05) is 6.07 Å². The van der Waals surface area contributed by atoms with Crippen molar-refractivity contribution in [1.29, 1.82) is 0 Å². The molecule has 118 valence electrons. The lowest BCUT2D eigenvalue weighted by atomic mass is 10.3. The van der Waals surface area contributed by atoms with Gasteiger partial charge in [0.2, 0.25) is 11.8 Å². The number of nitrogens with two attached hydrogens (primary N) is 1. The molecule has 2 N–H and O–H groups in total. The minimum absolute atomic E-state index is 0.146. The van der Waals surface area contributed by atoms with Crippen molar-refractivity contribution >= 4 is 28.9 Å². The van der Waals surface area contributed by atoms with E-state index >= 15 is 0 Å². The lowest BCUT2D eigenvalue weighted by molar-refractivity contribution is 0.428. The maximum absolute atomic E-state index is 6.24. The number of nitrogen functional groups attached to an aromatic ring is 1. The summed E-state index contributed by atoms with van der Waals surface area (Å²) in [6.07, 6.45) is 0. The SMILES string of the molecule is Cc1cc(Oc2nc(C)nc(Cl)c2N)n(-c2ccccc2Cl)n1. The van der Waals surface area contributed by atoms with Crippen LogP contribution in [-0.4, -0.2) is 19.7 Å². The van der Waals surface area contributed by atoms with Crippen LogP contribution in [0.5, 0.6) is 11.8 Å². The van der Waals surface area contributed by atoms with Crippen LogP contribution in [0.15, 0.2) is 30.3 Å². The van der Waals surface area contributed by atoms with Gasteiger partial charge in [0.05, 0.1) is 16.4 Å². The van der Waals surface area contributed by atoms with Gasteiger partial charge in [-0.15, -0.1) is 0 Å². The first kappa shape index (κ1) is 15.6. The van der Waals surface area contributed by atoms with Crippen LogP contribution >= 0.6 is 23.2 Å². The Bertz CT molecular complexity index is 878. The van der Waals surface area contributed by atoms with Crippen LogP contribution in [-0.2, 0) is 0 Å². The maximum Gasteiger partial charge on any atom is 0.249 e. The number of aryl methyl sites for hydroxylation is 2. The summed E-state index contributed by atoms with van der Waals surface area (Å²) in [7, 11) is 0. The number of hydrogen-bond acceptors (Lipinski definition) is 5. The summed E-state index contributed by atoms with van der Waals surface area (Å²) in [5.74, 6) is 1.06. The number of halogens is 2. The molecular weight excluding hydrogens is 337 g/mol. The molecule has 6 nitrogen and oxygen atoms in total. The molecule has 0 atom stereocenters. The Hall–Kier alpha value is -2.31. The number of aromatic nitrogens is 4. The van der Waals surface area contributed by atoms with Crippen molar-refractivity contribution in [2.75, 3.05) is 5.73 Å². The third-order valence-electron chi connectivity index (χ3n) is 3.06. The second-order valence-electron chi connectivity index (χ2n) is 4.87. The predicted molar refractivity (Wildman–Crippen MR) is 89.6 cm³/mol. The molecule has 8 heteroatoms. The highest BCUT2D eigenvalue weighted by Crippen LogP contribution is 2.32. The molecular formula is C15H13Cl2N5O. The third kappa shape index (κ3) is 3.09. The zero-order valence-electron chi connectivity index (χ0n) is 12.4. The molecule has 2 heterocycles. The van der Waals surface area contributed by atoms with Crippen molar-refractivity contribution in [2.45, 2.75) is 13.8 Å². The van der Waals surface area contributed by atoms with Crippen LogP contribution in [0, 0.1) is 13.8 Å². The van der Waals surface area contributed by atoms with E-state index in [2.05, 4.69) is 15.1 Å². The average molecular weight is 350 g/mol.